The predicted octanol–water partition coefficient (Wildman–Crippen LogP) is 2.23. The molecule has 0 saturated carbocycles. The summed E-state index contributed by atoms with van der Waals surface area (Å²) < 4.78 is 1.87. The molecule has 0 radical (unpaired) electrons. The van der Waals surface area contributed by atoms with E-state index >= 15 is 0 Å². The Hall–Kier alpha value is -2.04. The van der Waals surface area contributed by atoms with Crippen LogP contribution in [0.2, 0.25) is 0 Å². The molecule has 1 heterocycles. The summed E-state index contributed by atoms with van der Waals surface area (Å²) >= 11 is 0. The minimum absolute atomic E-state index is 0.182. The maximum Gasteiger partial charge on any atom is 0.208 e. The highest BCUT2D eigenvalue weighted by molar-refractivity contribution is 5.95. The maximum absolute atomic E-state index is 6.04. The Balaban J connectivity index is 2.58. The fourth-order valence-corrected chi connectivity index (χ4v) is 1.93. The van der Waals surface area contributed by atoms with Gasteiger partial charge in [0.25, 0.3) is 0 Å². The first-order valence-electron chi connectivity index (χ1n) is 6.56. The fraction of sp³-hybridized carbons (Fsp3) is 0.429. The van der Waals surface area contributed by atoms with E-state index in [2.05, 4.69) is 29.1 Å². The second-order valence-electron chi connectivity index (χ2n) is 5.14. The molecule has 0 amide bonds. The Labute approximate surface area is 113 Å². The molecule has 5 heteroatoms. The van der Waals surface area contributed by atoms with E-state index in [9.17, 15) is 0 Å². The first-order valence-corrected chi connectivity index (χ1v) is 6.56. The van der Waals surface area contributed by atoms with E-state index in [-0.39, 0.29) is 12.1 Å². The topological polar surface area (TPSA) is 68.2 Å². The number of anilines is 1. The van der Waals surface area contributed by atoms with Crippen LogP contribution in [0.1, 0.15) is 27.7 Å². The standard InChI is InChI=1S/C14H21N5/c1-9(2)16-14(17-10(3)4)19-12-8-6-5-7-11(12)18-13(19)15/h5-10H,1-4H3,(H2,15,18)(H,16,17). The summed E-state index contributed by atoms with van der Waals surface area (Å²) in [5.74, 6) is 1.20. The monoisotopic (exact) mass is 259 g/mol. The Bertz CT molecular complexity index is 595. The van der Waals surface area contributed by atoms with E-state index in [0.29, 0.717) is 5.95 Å². The molecule has 0 unspecified atom stereocenters. The summed E-state index contributed by atoms with van der Waals surface area (Å²) in [5.41, 5.74) is 7.88. The smallest absolute Gasteiger partial charge is 0.208 e. The summed E-state index contributed by atoms with van der Waals surface area (Å²) in [4.78, 5) is 8.99. The lowest BCUT2D eigenvalue weighted by Gasteiger charge is -2.16. The van der Waals surface area contributed by atoms with Crippen LogP contribution in [0, 0.1) is 0 Å². The molecular formula is C14H21N5. The van der Waals surface area contributed by atoms with Crippen LogP contribution < -0.4 is 11.1 Å². The van der Waals surface area contributed by atoms with Crippen LogP contribution in [0.4, 0.5) is 5.95 Å². The van der Waals surface area contributed by atoms with Gasteiger partial charge in [0, 0.05) is 12.1 Å². The number of nitrogens with one attached hydrogen (secondary N) is 1. The van der Waals surface area contributed by atoms with Crippen molar-refractivity contribution in [2.45, 2.75) is 39.8 Å². The number of nitrogen functional groups attached to an aromatic ring is 1. The lowest BCUT2D eigenvalue weighted by atomic mass is 10.3. The van der Waals surface area contributed by atoms with Crippen molar-refractivity contribution in [1.29, 1.82) is 0 Å². The number of nitrogens with two attached hydrogens (primary N) is 1. The molecule has 0 aliphatic carbocycles. The molecule has 1 aromatic heterocycles. The van der Waals surface area contributed by atoms with Crippen molar-refractivity contribution in [1.82, 2.24) is 14.9 Å². The number of rotatable bonds is 2. The number of aliphatic imine (C=N–C) groups is 1. The van der Waals surface area contributed by atoms with Gasteiger partial charge in [-0.1, -0.05) is 12.1 Å². The molecule has 5 nitrogen and oxygen atoms in total. The molecule has 0 saturated heterocycles. The van der Waals surface area contributed by atoms with Crippen LogP contribution in [0.15, 0.2) is 29.3 Å². The van der Waals surface area contributed by atoms with Crippen molar-refractivity contribution in [3.8, 4) is 0 Å². The van der Waals surface area contributed by atoms with Gasteiger partial charge in [0.1, 0.15) is 0 Å². The summed E-state index contributed by atoms with van der Waals surface area (Å²) in [6.07, 6.45) is 0. The third-order valence-electron chi connectivity index (χ3n) is 2.60. The third-order valence-corrected chi connectivity index (χ3v) is 2.60. The first-order chi connectivity index (χ1) is 8.99. The molecule has 0 aliphatic heterocycles. The van der Waals surface area contributed by atoms with Crippen LogP contribution in [0.3, 0.4) is 0 Å². The summed E-state index contributed by atoms with van der Waals surface area (Å²) in [6, 6.07) is 8.33. The average Bonchev–Trinajstić information content (AvgIpc) is 2.62. The van der Waals surface area contributed by atoms with Gasteiger partial charge < -0.3 is 11.1 Å². The van der Waals surface area contributed by atoms with Crippen LogP contribution in [0.5, 0.6) is 0 Å². The number of para-hydroxylation sites is 2. The van der Waals surface area contributed by atoms with Gasteiger partial charge in [0.05, 0.1) is 11.0 Å². The maximum atomic E-state index is 6.04. The normalized spacial score (nSPS) is 12.6. The zero-order valence-electron chi connectivity index (χ0n) is 11.9. The molecule has 3 N–H and O–H groups in total. The van der Waals surface area contributed by atoms with E-state index < -0.39 is 0 Å². The number of fused-ring (bicyclic) bond motifs is 1. The largest absolute Gasteiger partial charge is 0.369 e. The van der Waals surface area contributed by atoms with Gasteiger partial charge in [-0.2, -0.15) is 0 Å². The van der Waals surface area contributed by atoms with Crippen molar-refractivity contribution in [2.24, 2.45) is 4.99 Å². The van der Waals surface area contributed by atoms with Gasteiger partial charge >= 0.3 is 0 Å². The molecule has 0 fully saturated rings. The first kappa shape index (κ1) is 13.4. The van der Waals surface area contributed by atoms with Crippen molar-refractivity contribution in [2.75, 3.05) is 5.73 Å². The Kier molecular flexibility index (Phi) is 3.74. The van der Waals surface area contributed by atoms with E-state index in [4.69, 9.17) is 5.73 Å². The number of aromatic nitrogens is 2. The number of benzene rings is 1. The van der Waals surface area contributed by atoms with Crippen molar-refractivity contribution >= 4 is 22.9 Å². The lowest BCUT2D eigenvalue weighted by molar-refractivity contribution is 0.701. The molecule has 0 atom stereocenters. The summed E-state index contributed by atoms with van der Waals surface area (Å²) in [6.45, 7) is 8.23. The van der Waals surface area contributed by atoms with E-state index in [0.717, 1.165) is 17.0 Å². The molecular weight excluding hydrogens is 238 g/mol. The molecule has 2 aromatic rings. The van der Waals surface area contributed by atoms with Gasteiger partial charge in [-0.3, -0.25) is 0 Å². The average molecular weight is 259 g/mol. The summed E-state index contributed by atoms with van der Waals surface area (Å²) in [7, 11) is 0. The highest BCUT2D eigenvalue weighted by atomic mass is 15.3. The molecule has 1 aromatic carbocycles. The minimum atomic E-state index is 0.182. The lowest BCUT2D eigenvalue weighted by Crippen LogP contribution is -2.36. The number of nitrogens with zero attached hydrogens (tertiary/aromatic N) is 3. The highest BCUT2D eigenvalue weighted by Crippen LogP contribution is 2.17. The van der Waals surface area contributed by atoms with Gasteiger partial charge in [-0.15, -0.1) is 0 Å². The zero-order valence-corrected chi connectivity index (χ0v) is 11.9. The van der Waals surface area contributed by atoms with E-state index in [1.165, 1.54) is 0 Å². The van der Waals surface area contributed by atoms with Crippen LogP contribution in [0.25, 0.3) is 11.0 Å². The number of hydrogen-bond acceptors (Lipinski definition) is 3. The number of imidazole rings is 1. The van der Waals surface area contributed by atoms with E-state index in [1.807, 2.05) is 42.7 Å². The molecule has 19 heavy (non-hydrogen) atoms. The predicted molar refractivity (Wildman–Crippen MR) is 80.4 cm³/mol. The zero-order chi connectivity index (χ0) is 14.0. The second-order valence-corrected chi connectivity index (χ2v) is 5.14. The molecule has 102 valence electrons. The summed E-state index contributed by atoms with van der Waals surface area (Å²) in [5, 5.41) is 3.34. The van der Waals surface area contributed by atoms with Crippen molar-refractivity contribution in [3.05, 3.63) is 24.3 Å². The SMILES string of the molecule is CC(C)N=C(NC(C)C)n1c(N)nc2ccccc21. The van der Waals surface area contributed by atoms with Gasteiger partial charge in [0.2, 0.25) is 11.9 Å². The molecule has 2 rings (SSSR count). The molecule has 0 bridgehead atoms. The van der Waals surface area contributed by atoms with Gasteiger partial charge in [-0.05, 0) is 39.8 Å². The third kappa shape index (κ3) is 2.86. The van der Waals surface area contributed by atoms with Crippen LogP contribution >= 0.6 is 0 Å². The van der Waals surface area contributed by atoms with Crippen molar-refractivity contribution in [3.63, 3.8) is 0 Å². The molecule has 0 spiro atoms. The minimum Gasteiger partial charge on any atom is -0.369 e. The second kappa shape index (κ2) is 5.30. The Morgan fingerprint density at radius 1 is 1.26 bits per heavy atom. The molecule has 0 aliphatic rings. The Morgan fingerprint density at radius 3 is 2.58 bits per heavy atom. The fourth-order valence-electron chi connectivity index (χ4n) is 1.93. The van der Waals surface area contributed by atoms with Crippen molar-refractivity contribution < 1.29 is 0 Å². The van der Waals surface area contributed by atoms with E-state index in [1.54, 1.807) is 0 Å². The van der Waals surface area contributed by atoms with Crippen LogP contribution in [-0.2, 0) is 0 Å². The highest BCUT2D eigenvalue weighted by Gasteiger charge is 2.14. The van der Waals surface area contributed by atoms with Crippen LogP contribution in [-0.4, -0.2) is 27.6 Å². The quantitative estimate of drug-likeness (QED) is 0.642. The van der Waals surface area contributed by atoms with Gasteiger partial charge in [0.15, 0.2) is 0 Å². The number of hydrogen-bond donors (Lipinski definition) is 2. The van der Waals surface area contributed by atoms with Gasteiger partial charge in [-0.25, -0.2) is 14.5 Å². The Morgan fingerprint density at radius 2 is 1.95 bits per heavy atom.